The maximum Gasteiger partial charge on any atom is 0.416 e. The maximum absolute atomic E-state index is 13.4. The average Bonchev–Trinajstić information content (AvgIpc) is 3.50. The Kier molecular flexibility index (Phi) is 4.76. The van der Waals surface area contributed by atoms with E-state index in [1.807, 2.05) is 24.3 Å². The molecule has 5 rings (SSSR count). The van der Waals surface area contributed by atoms with Crippen molar-refractivity contribution in [3.8, 4) is 5.69 Å². The lowest BCUT2D eigenvalue weighted by Crippen LogP contribution is -2.31. The molecule has 1 fully saturated rings. The molecule has 1 atom stereocenters. The molecule has 3 heterocycles. The lowest BCUT2D eigenvalue weighted by molar-refractivity contribution is -0.137. The summed E-state index contributed by atoms with van der Waals surface area (Å²) < 4.78 is 40.7. The molecule has 2 aromatic heterocycles. The van der Waals surface area contributed by atoms with E-state index in [-0.39, 0.29) is 17.6 Å². The number of aromatic nitrogens is 4. The summed E-state index contributed by atoms with van der Waals surface area (Å²) in [6.07, 6.45) is -1.41. The van der Waals surface area contributed by atoms with Crippen molar-refractivity contribution in [3.05, 3.63) is 77.4 Å². The Hall–Kier alpha value is -3.62. The van der Waals surface area contributed by atoms with Crippen LogP contribution in [0.1, 0.15) is 46.3 Å². The van der Waals surface area contributed by atoms with Gasteiger partial charge in [-0.2, -0.15) is 18.3 Å². The fourth-order valence-corrected chi connectivity index (χ4v) is 4.27. The number of H-pyrrole nitrogens is 1. The number of carbonyl (C=O) groups excluding carboxylic acids is 1. The van der Waals surface area contributed by atoms with Crippen LogP contribution >= 0.6 is 0 Å². The number of imidazole rings is 1. The van der Waals surface area contributed by atoms with Crippen molar-refractivity contribution in [2.75, 3.05) is 6.54 Å². The largest absolute Gasteiger partial charge is 0.416 e. The molecule has 0 bridgehead atoms. The molecule has 0 spiro atoms. The van der Waals surface area contributed by atoms with Crippen LogP contribution in [0.5, 0.6) is 0 Å². The molecule has 4 aromatic rings. The van der Waals surface area contributed by atoms with Crippen molar-refractivity contribution in [1.29, 1.82) is 0 Å². The second-order valence-electron chi connectivity index (χ2n) is 7.90. The van der Waals surface area contributed by atoms with Gasteiger partial charge < -0.3 is 9.88 Å². The number of alkyl halides is 3. The smallest absolute Gasteiger partial charge is 0.340 e. The highest BCUT2D eigenvalue weighted by Crippen LogP contribution is 2.34. The van der Waals surface area contributed by atoms with Gasteiger partial charge in [-0.3, -0.25) is 4.79 Å². The SMILES string of the molecule is Cc1c(C(=O)N2CCCC2c2nc3ccccc3[nH]2)cnn1-c1cccc(C(F)(F)F)c1. The van der Waals surface area contributed by atoms with Crippen LogP contribution in [0.3, 0.4) is 0 Å². The Morgan fingerprint density at radius 2 is 1.97 bits per heavy atom. The number of hydrogen-bond donors (Lipinski definition) is 1. The predicted octanol–water partition coefficient (Wildman–Crippen LogP) is 5.05. The minimum absolute atomic E-state index is 0.189. The maximum atomic E-state index is 13.4. The van der Waals surface area contributed by atoms with Crippen LogP contribution < -0.4 is 0 Å². The van der Waals surface area contributed by atoms with E-state index in [4.69, 9.17) is 0 Å². The van der Waals surface area contributed by atoms with Gasteiger partial charge in [0.1, 0.15) is 5.82 Å². The lowest BCUT2D eigenvalue weighted by atomic mass is 10.1. The number of likely N-dealkylation sites (tertiary alicyclic amines) is 1. The molecule has 32 heavy (non-hydrogen) atoms. The first-order chi connectivity index (χ1) is 15.3. The van der Waals surface area contributed by atoms with E-state index in [1.165, 1.54) is 23.0 Å². The Bertz CT molecular complexity index is 1270. The summed E-state index contributed by atoms with van der Waals surface area (Å²) in [6.45, 7) is 2.27. The Morgan fingerprint density at radius 3 is 2.75 bits per heavy atom. The fraction of sp³-hybridized carbons (Fsp3) is 0.261. The molecule has 0 radical (unpaired) electrons. The topological polar surface area (TPSA) is 66.8 Å². The van der Waals surface area contributed by atoms with Gasteiger partial charge in [-0.05, 0) is 50.1 Å². The molecular weight excluding hydrogens is 419 g/mol. The van der Waals surface area contributed by atoms with Crippen molar-refractivity contribution in [3.63, 3.8) is 0 Å². The summed E-state index contributed by atoms with van der Waals surface area (Å²) in [4.78, 5) is 23.1. The highest BCUT2D eigenvalue weighted by Gasteiger charge is 2.34. The first-order valence-electron chi connectivity index (χ1n) is 10.3. The molecular formula is C23H20F3N5O. The first-order valence-corrected chi connectivity index (χ1v) is 10.3. The third kappa shape index (κ3) is 3.43. The molecule has 1 aliphatic rings. The molecule has 6 nitrogen and oxygen atoms in total. The number of hydrogen-bond acceptors (Lipinski definition) is 3. The number of benzene rings is 2. The van der Waals surface area contributed by atoms with E-state index >= 15 is 0 Å². The van der Waals surface area contributed by atoms with Gasteiger partial charge in [0.05, 0.1) is 45.8 Å². The van der Waals surface area contributed by atoms with E-state index < -0.39 is 11.7 Å². The van der Waals surface area contributed by atoms with Crippen LogP contribution in [-0.4, -0.2) is 37.1 Å². The third-order valence-electron chi connectivity index (χ3n) is 5.90. The number of para-hydroxylation sites is 2. The Morgan fingerprint density at radius 1 is 1.16 bits per heavy atom. The highest BCUT2D eigenvalue weighted by molar-refractivity contribution is 5.95. The van der Waals surface area contributed by atoms with Gasteiger partial charge in [0.15, 0.2) is 0 Å². The molecule has 1 saturated heterocycles. The van der Waals surface area contributed by atoms with Gasteiger partial charge in [-0.1, -0.05) is 18.2 Å². The first kappa shape index (κ1) is 20.3. The second-order valence-corrected chi connectivity index (χ2v) is 7.90. The third-order valence-corrected chi connectivity index (χ3v) is 5.90. The van der Waals surface area contributed by atoms with E-state index in [2.05, 4.69) is 15.1 Å². The van der Waals surface area contributed by atoms with Crippen LogP contribution in [-0.2, 0) is 6.18 Å². The summed E-state index contributed by atoms with van der Waals surface area (Å²) in [5, 5.41) is 4.21. The monoisotopic (exact) mass is 439 g/mol. The minimum atomic E-state index is -4.45. The summed E-state index contributed by atoms with van der Waals surface area (Å²) >= 11 is 0. The summed E-state index contributed by atoms with van der Waals surface area (Å²) in [6, 6.07) is 12.4. The predicted molar refractivity (Wildman–Crippen MR) is 112 cm³/mol. The molecule has 2 aromatic carbocycles. The summed E-state index contributed by atoms with van der Waals surface area (Å²) in [5.41, 5.74) is 2.11. The number of fused-ring (bicyclic) bond motifs is 1. The van der Waals surface area contributed by atoms with E-state index in [0.717, 1.165) is 41.8 Å². The number of aromatic amines is 1. The van der Waals surface area contributed by atoms with Crippen LogP contribution in [0.15, 0.2) is 54.7 Å². The number of amides is 1. The molecule has 1 unspecified atom stereocenters. The molecule has 1 N–H and O–H groups in total. The molecule has 1 aliphatic heterocycles. The van der Waals surface area contributed by atoms with Crippen molar-refractivity contribution in [1.82, 2.24) is 24.6 Å². The fourth-order valence-electron chi connectivity index (χ4n) is 4.27. The van der Waals surface area contributed by atoms with Crippen molar-refractivity contribution < 1.29 is 18.0 Å². The molecule has 0 saturated carbocycles. The quantitative estimate of drug-likeness (QED) is 0.486. The van der Waals surface area contributed by atoms with Crippen molar-refractivity contribution in [2.24, 2.45) is 0 Å². The normalized spacial score (nSPS) is 16.8. The summed E-state index contributed by atoms with van der Waals surface area (Å²) in [5.74, 6) is 0.531. The van der Waals surface area contributed by atoms with Crippen LogP contribution in [0.2, 0.25) is 0 Å². The van der Waals surface area contributed by atoms with Crippen LogP contribution in [0, 0.1) is 6.92 Å². The van der Waals surface area contributed by atoms with Gasteiger partial charge in [-0.25, -0.2) is 9.67 Å². The number of nitrogens with one attached hydrogen (secondary N) is 1. The number of carbonyl (C=O) groups is 1. The van der Waals surface area contributed by atoms with Crippen molar-refractivity contribution >= 4 is 16.9 Å². The highest BCUT2D eigenvalue weighted by atomic mass is 19.4. The molecule has 9 heteroatoms. The van der Waals surface area contributed by atoms with Crippen molar-refractivity contribution in [2.45, 2.75) is 32.0 Å². The summed E-state index contributed by atoms with van der Waals surface area (Å²) in [7, 11) is 0. The zero-order valence-corrected chi connectivity index (χ0v) is 17.2. The molecule has 164 valence electrons. The second kappa shape index (κ2) is 7.51. The van der Waals surface area contributed by atoms with Gasteiger partial charge >= 0.3 is 6.18 Å². The zero-order valence-electron chi connectivity index (χ0n) is 17.2. The molecule has 1 amide bonds. The van der Waals surface area contributed by atoms with Crippen LogP contribution in [0.4, 0.5) is 13.2 Å². The zero-order chi connectivity index (χ0) is 22.5. The Balaban J connectivity index is 1.45. The van der Waals surface area contributed by atoms with Gasteiger partial charge in [-0.15, -0.1) is 0 Å². The average molecular weight is 439 g/mol. The van der Waals surface area contributed by atoms with Crippen LogP contribution in [0.25, 0.3) is 16.7 Å². The number of halogens is 3. The van der Waals surface area contributed by atoms with Gasteiger partial charge in [0.25, 0.3) is 5.91 Å². The standard InChI is InChI=1S/C23H20F3N5O/c1-14-17(13-27-31(14)16-7-4-6-15(12-16)23(24,25)26)22(32)30-11-5-10-20(30)21-28-18-8-2-3-9-19(18)29-21/h2-4,6-9,12-13,20H,5,10-11H2,1H3,(H,28,29). The van der Waals surface area contributed by atoms with Gasteiger partial charge in [0.2, 0.25) is 0 Å². The van der Waals surface area contributed by atoms with Gasteiger partial charge in [0, 0.05) is 6.54 Å². The van der Waals surface area contributed by atoms with E-state index in [9.17, 15) is 18.0 Å². The minimum Gasteiger partial charge on any atom is -0.340 e. The molecule has 0 aliphatic carbocycles. The lowest BCUT2D eigenvalue weighted by Gasteiger charge is -2.23. The number of nitrogens with zero attached hydrogens (tertiary/aromatic N) is 4. The van der Waals surface area contributed by atoms with E-state index in [0.29, 0.717) is 17.8 Å². The Labute approximate surface area is 181 Å². The van der Waals surface area contributed by atoms with E-state index in [1.54, 1.807) is 11.8 Å². The number of rotatable bonds is 3.